The third-order valence-electron chi connectivity index (χ3n) is 1.23. The summed E-state index contributed by atoms with van der Waals surface area (Å²) in [6, 6.07) is 0. The number of anilines is 1. The maximum Gasteiger partial charge on any atom is 0.229 e. The van der Waals surface area contributed by atoms with E-state index >= 15 is 0 Å². The molecule has 0 saturated carbocycles. The maximum atomic E-state index is 10.6. The van der Waals surface area contributed by atoms with Gasteiger partial charge < -0.3 is 4.74 Å². The van der Waals surface area contributed by atoms with Crippen molar-refractivity contribution < 1.29 is 9.53 Å². The van der Waals surface area contributed by atoms with Crippen molar-refractivity contribution in [1.82, 2.24) is 9.97 Å². The average molecular weight is 181 g/mol. The van der Waals surface area contributed by atoms with E-state index < -0.39 is 0 Å². The summed E-state index contributed by atoms with van der Waals surface area (Å²) in [7, 11) is 0. The fraction of sp³-hybridized carbons (Fsp3) is 0.375. The Hall–Kier alpha value is -1.65. The van der Waals surface area contributed by atoms with Crippen LogP contribution in [-0.4, -0.2) is 22.5 Å². The van der Waals surface area contributed by atoms with Gasteiger partial charge in [0.1, 0.15) is 0 Å². The molecule has 0 aromatic carbocycles. The summed E-state index contributed by atoms with van der Waals surface area (Å²) in [5.74, 6) is 0.691. The first kappa shape index (κ1) is 9.44. The van der Waals surface area contributed by atoms with Crippen molar-refractivity contribution in [2.24, 2.45) is 0 Å². The molecule has 1 N–H and O–H groups in total. The van der Waals surface area contributed by atoms with Gasteiger partial charge >= 0.3 is 0 Å². The van der Waals surface area contributed by atoms with Gasteiger partial charge in [0.25, 0.3) is 0 Å². The van der Waals surface area contributed by atoms with Crippen LogP contribution >= 0.6 is 0 Å². The number of nitrogens with one attached hydrogen (secondary N) is 1. The lowest BCUT2D eigenvalue weighted by atomic mass is 10.6. The van der Waals surface area contributed by atoms with Crippen LogP contribution in [0.15, 0.2) is 12.4 Å². The molecule has 0 bridgehead atoms. The van der Waals surface area contributed by atoms with Gasteiger partial charge in [-0.15, -0.1) is 0 Å². The molecule has 5 nitrogen and oxygen atoms in total. The Labute approximate surface area is 76.2 Å². The van der Waals surface area contributed by atoms with Crippen molar-refractivity contribution in [3.8, 4) is 5.75 Å². The van der Waals surface area contributed by atoms with E-state index in [0.29, 0.717) is 12.4 Å². The molecule has 0 unspecified atom stereocenters. The number of ether oxygens (including phenoxy) is 1. The molecule has 0 fully saturated rings. The van der Waals surface area contributed by atoms with E-state index in [1.807, 2.05) is 6.92 Å². The first-order valence-electron chi connectivity index (χ1n) is 3.94. The molecule has 1 amide bonds. The second-order valence-corrected chi connectivity index (χ2v) is 2.36. The number of amides is 1. The molecule has 0 radical (unpaired) electrons. The first-order valence-corrected chi connectivity index (χ1v) is 3.94. The standard InChI is InChI=1S/C8H11N3O2/c1-3-13-7-4-9-8(10-5-7)11-6(2)12/h4-5H,3H2,1-2H3,(H,9,10,11,12). The Kier molecular flexibility index (Phi) is 3.19. The van der Waals surface area contributed by atoms with Crippen molar-refractivity contribution in [3.63, 3.8) is 0 Å². The highest BCUT2D eigenvalue weighted by Crippen LogP contribution is 2.07. The molecule has 1 heterocycles. The summed E-state index contributed by atoms with van der Waals surface area (Å²) < 4.78 is 5.13. The van der Waals surface area contributed by atoms with Crippen LogP contribution in [-0.2, 0) is 4.79 Å². The summed E-state index contributed by atoms with van der Waals surface area (Å²) in [5, 5.41) is 2.46. The Morgan fingerprint density at radius 1 is 1.54 bits per heavy atom. The Morgan fingerprint density at radius 3 is 2.62 bits per heavy atom. The van der Waals surface area contributed by atoms with Gasteiger partial charge in [0.2, 0.25) is 11.9 Å². The van der Waals surface area contributed by atoms with E-state index in [4.69, 9.17) is 4.74 Å². The van der Waals surface area contributed by atoms with Crippen LogP contribution in [0.25, 0.3) is 0 Å². The van der Waals surface area contributed by atoms with Gasteiger partial charge in [-0.1, -0.05) is 0 Å². The molecule has 13 heavy (non-hydrogen) atoms. The van der Waals surface area contributed by atoms with E-state index in [0.717, 1.165) is 0 Å². The molecule has 0 spiro atoms. The highest BCUT2D eigenvalue weighted by molar-refractivity contribution is 5.86. The van der Waals surface area contributed by atoms with Crippen LogP contribution in [0.2, 0.25) is 0 Å². The molecule has 0 atom stereocenters. The molecular weight excluding hydrogens is 170 g/mol. The van der Waals surface area contributed by atoms with Crippen molar-refractivity contribution in [3.05, 3.63) is 12.4 Å². The molecule has 1 rings (SSSR count). The first-order chi connectivity index (χ1) is 6.22. The van der Waals surface area contributed by atoms with E-state index in [1.54, 1.807) is 0 Å². The molecule has 5 heteroatoms. The predicted molar refractivity (Wildman–Crippen MR) is 47.5 cm³/mol. The molecule has 0 aliphatic rings. The normalized spacial score (nSPS) is 9.38. The highest BCUT2D eigenvalue weighted by atomic mass is 16.5. The number of carbonyl (C=O) groups is 1. The minimum absolute atomic E-state index is 0.191. The number of hydrogen-bond acceptors (Lipinski definition) is 4. The zero-order valence-corrected chi connectivity index (χ0v) is 7.57. The SMILES string of the molecule is CCOc1cnc(NC(C)=O)nc1. The van der Waals surface area contributed by atoms with Crippen LogP contribution < -0.4 is 10.1 Å². The number of rotatable bonds is 3. The monoisotopic (exact) mass is 181 g/mol. The third-order valence-corrected chi connectivity index (χ3v) is 1.23. The average Bonchev–Trinajstić information content (AvgIpc) is 2.08. The van der Waals surface area contributed by atoms with E-state index in [9.17, 15) is 4.79 Å². The smallest absolute Gasteiger partial charge is 0.229 e. The fourth-order valence-corrected chi connectivity index (χ4v) is 0.779. The van der Waals surface area contributed by atoms with Gasteiger partial charge in [-0.2, -0.15) is 0 Å². The van der Waals surface area contributed by atoms with Crippen molar-refractivity contribution >= 4 is 11.9 Å². The molecule has 1 aromatic heterocycles. The van der Waals surface area contributed by atoms with Gasteiger partial charge in [0, 0.05) is 6.92 Å². The summed E-state index contributed by atoms with van der Waals surface area (Å²) in [6.45, 7) is 3.85. The van der Waals surface area contributed by atoms with Gasteiger partial charge in [0.15, 0.2) is 5.75 Å². The zero-order chi connectivity index (χ0) is 9.68. The number of carbonyl (C=O) groups excluding carboxylic acids is 1. The summed E-state index contributed by atoms with van der Waals surface area (Å²) >= 11 is 0. The van der Waals surface area contributed by atoms with Crippen LogP contribution in [0, 0.1) is 0 Å². The van der Waals surface area contributed by atoms with Gasteiger partial charge in [0.05, 0.1) is 19.0 Å². The van der Waals surface area contributed by atoms with Crippen LogP contribution in [0.1, 0.15) is 13.8 Å². The Bertz CT molecular complexity index is 284. The molecule has 1 aromatic rings. The lowest BCUT2D eigenvalue weighted by molar-refractivity contribution is -0.114. The minimum Gasteiger partial charge on any atom is -0.491 e. The fourth-order valence-electron chi connectivity index (χ4n) is 0.779. The van der Waals surface area contributed by atoms with Crippen molar-refractivity contribution in [2.75, 3.05) is 11.9 Å². The summed E-state index contributed by atoms with van der Waals surface area (Å²) in [5.41, 5.74) is 0. The summed E-state index contributed by atoms with van der Waals surface area (Å²) in [4.78, 5) is 18.3. The van der Waals surface area contributed by atoms with Gasteiger partial charge in [-0.3, -0.25) is 10.1 Å². The number of hydrogen-bond donors (Lipinski definition) is 1. The minimum atomic E-state index is -0.191. The second kappa shape index (κ2) is 4.39. The molecule has 70 valence electrons. The Balaban J connectivity index is 2.64. The van der Waals surface area contributed by atoms with Gasteiger partial charge in [-0.25, -0.2) is 9.97 Å². The number of nitrogens with zero attached hydrogens (tertiary/aromatic N) is 2. The molecule has 0 saturated heterocycles. The molecular formula is C8H11N3O2. The third kappa shape index (κ3) is 3.06. The van der Waals surface area contributed by atoms with Crippen molar-refractivity contribution in [1.29, 1.82) is 0 Å². The van der Waals surface area contributed by atoms with Crippen LogP contribution in [0.4, 0.5) is 5.95 Å². The van der Waals surface area contributed by atoms with E-state index in [-0.39, 0.29) is 11.9 Å². The molecule has 0 aliphatic heterocycles. The molecule has 0 aliphatic carbocycles. The van der Waals surface area contributed by atoms with Crippen molar-refractivity contribution in [2.45, 2.75) is 13.8 Å². The van der Waals surface area contributed by atoms with E-state index in [1.165, 1.54) is 19.3 Å². The second-order valence-electron chi connectivity index (χ2n) is 2.36. The van der Waals surface area contributed by atoms with E-state index in [2.05, 4.69) is 15.3 Å². The quantitative estimate of drug-likeness (QED) is 0.750. The van der Waals surface area contributed by atoms with Gasteiger partial charge in [-0.05, 0) is 6.92 Å². The highest BCUT2D eigenvalue weighted by Gasteiger charge is 1.98. The summed E-state index contributed by atoms with van der Waals surface area (Å²) in [6.07, 6.45) is 3.03. The lowest BCUT2D eigenvalue weighted by Crippen LogP contribution is -2.09. The largest absolute Gasteiger partial charge is 0.491 e. The number of aromatic nitrogens is 2. The lowest BCUT2D eigenvalue weighted by Gasteiger charge is -2.02. The Morgan fingerprint density at radius 2 is 2.15 bits per heavy atom. The maximum absolute atomic E-state index is 10.6. The van der Waals surface area contributed by atoms with Crippen LogP contribution in [0.3, 0.4) is 0 Å². The predicted octanol–water partition coefficient (Wildman–Crippen LogP) is 0.834. The van der Waals surface area contributed by atoms with Crippen LogP contribution in [0.5, 0.6) is 5.75 Å². The topological polar surface area (TPSA) is 64.1 Å². The zero-order valence-electron chi connectivity index (χ0n) is 7.57.